The first-order valence-corrected chi connectivity index (χ1v) is 5.62. The first-order valence-electron chi connectivity index (χ1n) is 5.24. The summed E-state index contributed by atoms with van der Waals surface area (Å²) in [7, 11) is 1.57. The molecule has 0 bridgehead atoms. The first-order chi connectivity index (χ1) is 8.17. The van der Waals surface area contributed by atoms with E-state index < -0.39 is 0 Å². The topological polar surface area (TPSA) is 61.3 Å². The quantitative estimate of drug-likeness (QED) is 0.912. The van der Waals surface area contributed by atoms with E-state index in [1.807, 2.05) is 12.1 Å². The molecular weight excluding hydrogens is 240 g/mol. The number of benzene rings is 1. The average Bonchev–Trinajstić information content (AvgIpc) is 2.74. The minimum Gasteiger partial charge on any atom is -0.495 e. The number of aryl methyl sites for hydroxylation is 1. The Bertz CT molecular complexity index is 537. The van der Waals surface area contributed by atoms with Gasteiger partial charge in [-0.1, -0.05) is 23.7 Å². The Kier molecular flexibility index (Phi) is 3.24. The van der Waals surface area contributed by atoms with Gasteiger partial charge in [-0.3, -0.25) is 0 Å². The molecule has 0 aliphatic rings. The Hall–Kier alpha value is -1.68. The normalized spacial score (nSPS) is 10.5. The Balaban J connectivity index is 2.66. The molecule has 2 aromatic rings. The maximum atomic E-state index is 6.17. The van der Waals surface area contributed by atoms with Gasteiger partial charge in [-0.2, -0.15) is 0 Å². The maximum Gasteiger partial charge on any atom is 0.230 e. The van der Waals surface area contributed by atoms with Crippen molar-refractivity contribution in [3.05, 3.63) is 28.9 Å². The number of anilines is 1. The highest BCUT2D eigenvalue weighted by Gasteiger charge is 2.16. The molecule has 1 aromatic carbocycles. The molecule has 17 heavy (non-hydrogen) atoms. The maximum absolute atomic E-state index is 6.17. The molecule has 0 atom stereocenters. The smallest absolute Gasteiger partial charge is 0.230 e. The molecule has 0 saturated carbocycles. The largest absolute Gasteiger partial charge is 0.495 e. The summed E-state index contributed by atoms with van der Waals surface area (Å²) in [6.07, 6.45) is 2.44. The van der Waals surface area contributed by atoms with Gasteiger partial charge < -0.3 is 15.0 Å². The van der Waals surface area contributed by atoms with E-state index in [1.54, 1.807) is 13.3 Å². The molecule has 5 heteroatoms. The summed E-state index contributed by atoms with van der Waals surface area (Å²) in [5.41, 5.74) is 8.31. The Morgan fingerprint density at radius 3 is 2.71 bits per heavy atom. The lowest BCUT2D eigenvalue weighted by atomic mass is 10.0. The zero-order valence-corrected chi connectivity index (χ0v) is 10.4. The first kappa shape index (κ1) is 11.8. The molecule has 0 aliphatic heterocycles. The Morgan fingerprint density at radius 1 is 1.41 bits per heavy atom. The van der Waals surface area contributed by atoms with E-state index in [0.29, 0.717) is 16.3 Å². The van der Waals surface area contributed by atoms with Gasteiger partial charge >= 0.3 is 0 Å². The minimum absolute atomic E-state index is 0.257. The number of rotatable bonds is 3. The van der Waals surface area contributed by atoms with Crippen LogP contribution in [-0.4, -0.2) is 12.3 Å². The number of nitrogens with two attached hydrogens (primary N) is 1. The molecule has 0 amide bonds. The Morgan fingerprint density at radius 2 is 2.18 bits per heavy atom. The molecule has 2 rings (SSSR count). The molecule has 1 heterocycles. The highest BCUT2D eigenvalue weighted by atomic mass is 35.5. The van der Waals surface area contributed by atoms with Gasteiger partial charge in [-0.05, 0) is 24.1 Å². The number of aromatic nitrogens is 1. The average molecular weight is 253 g/mol. The van der Waals surface area contributed by atoms with Gasteiger partial charge in [0.05, 0.1) is 23.9 Å². The molecule has 1 aromatic heterocycles. The third-order valence-electron chi connectivity index (χ3n) is 2.60. The molecule has 90 valence electrons. The van der Waals surface area contributed by atoms with E-state index in [1.165, 1.54) is 0 Å². The van der Waals surface area contributed by atoms with Crippen LogP contribution in [0.5, 0.6) is 5.75 Å². The van der Waals surface area contributed by atoms with Crippen molar-refractivity contribution in [2.75, 3.05) is 12.8 Å². The second-order valence-corrected chi connectivity index (χ2v) is 4.02. The fourth-order valence-electron chi connectivity index (χ4n) is 1.71. The summed E-state index contributed by atoms with van der Waals surface area (Å²) >= 11 is 6.17. The fraction of sp³-hybridized carbons (Fsp3) is 0.250. The van der Waals surface area contributed by atoms with Crippen molar-refractivity contribution < 1.29 is 9.26 Å². The monoisotopic (exact) mass is 252 g/mol. The van der Waals surface area contributed by atoms with Crippen LogP contribution in [-0.2, 0) is 6.42 Å². The van der Waals surface area contributed by atoms with Crippen LogP contribution in [0, 0.1) is 0 Å². The number of nitrogens with zero attached hydrogens (tertiary/aromatic N) is 1. The molecule has 2 N–H and O–H groups in total. The predicted octanol–water partition coefficient (Wildman–Crippen LogP) is 3.15. The lowest BCUT2D eigenvalue weighted by Crippen LogP contribution is -1.93. The van der Waals surface area contributed by atoms with E-state index in [-0.39, 0.29) is 5.88 Å². The summed E-state index contributed by atoms with van der Waals surface area (Å²) in [6.45, 7) is 2.05. The highest BCUT2D eigenvalue weighted by molar-refractivity contribution is 6.32. The van der Waals surface area contributed by atoms with Crippen molar-refractivity contribution >= 4 is 17.5 Å². The lowest BCUT2D eigenvalue weighted by Gasteiger charge is -2.11. The van der Waals surface area contributed by atoms with Gasteiger partial charge in [0, 0.05) is 5.56 Å². The van der Waals surface area contributed by atoms with Crippen molar-refractivity contribution in [3.8, 4) is 16.9 Å². The van der Waals surface area contributed by atoms with Gasteiger partial charge in [0.15, 0.2) is 0 Å². The van der Waals surface area contributed by atoms with E-state index in [4.69, 9.17) is 26.6 Å². The third kappa shape index (κ3) is 2.08. The lowest BCUT2D eigenvalue weighted by molar-refractivity contribution is 0.416. The van der Waals surface area contributed by atoms with Crippen molar-refractivity contribution in [2.24, 2.45) is 0 Å². The standard InChI is InChI=1S/C12H13ClN2O2/c1-3-7-4-8(9-6-15-17-12(9)14)11(16-2)10(13)5-7/h4-6H,3,14H2,1-2H3. The number of methoxy groups -OCH3 is 1. The van der Waals surface area contributed by atoms with E-state index in [0.717, 1.165) is 17.5 Å². The molecule has 0 saturated heterocycles. The van der Waals surface area contributed by atoms with Gasteiger partial charge in [0.1, 0.15) is 5.75 Å². The van der Waals surface area contributed by atoms with Gasteiger partial charge in [0.2, 0.25) is 5.88 Å². The second-order valence-electron chi connectivity index (χ2n) is 3.62. The number of hydrogen-bond donors (Lipinski definition) is 1. The molecular formula is C12H13ClN2O2. The van der Waals surface area contributed by atoms with Crippen LogP contribution in [0.3, 0.4) is 0 Å². The van der Waals surface area contributed by atoms with Crippen LogP contribution >= 0.6 is 11.6 Å². The summed E-state index contributed by atoms with van der Waals surface area (Å²) in [6, 6.07) is 3.86. The minimum atomic E-state index is 0.257. The van der Waals surface area contributed by atoms with Crippen LogP contribution in [0.2, 0.25) is 5.02 Å². The van der Waals surface area contributed by atoms with E-state index in [9.17, 15) is 0 Å². The van der Waals surface area contributed by atoms with Crippen molar-refractivity contribution in [2.45, 2.75) is 13.3 Å². The van der Waals surface area contributed by atoms with E-state index in [2.05, 4.69) is 12.1 Å². The summed E-state index contributed by atoms with van der Waals surface area (Å²) in [4.78, 5) is 0. The number of nitrogen functional groups attached to an aromatic ring is 1. The molecule has 0 aliphatic carbocycles. The van der Waals surface area contributed by atoms with Crippen LogP contribution in [0.25, 0.3) is 11.1 Å². The third-order valence-corrected chi connectivity index (χ3v) is 2.89. The second kappa shape index (κ2) is 4.67. The van der Waals surface area contributed by atoms with Crippen molar-refractivity contribution in [3.63, 3.8) is 0 Å². The van der Waals surface area contributed by atoms with Gasteiger partial charge in [-0.15, -0.1) is 0 Å². The molecule has 0 spiro atoms. The SMILES string of the molecule is CCc1cc(Cl)c(OC)c(-c2cnoc2N)c1. The van der Waals surface area contributed by atoms with Gasteiger partial charge in [0.25, 0.3) is 0 Å². The molecule has 0 unspecified atom stereocenters. The zero-order valence-electron chi connectivity index (χ0n) is 9.66. The summed E-state index contributed by atoms with van der Waals surface area (Å²) in [5.74, 6) is 0.839. The van der Waals surface area contributed by atoms with Crippen LogP contribution in [0.1, 0.15) is 12.5 Å². The molecule has 4 nitrogen and oxygen atoms in total. The molecule has 0 radical (unpaired) electrons. The zero-order chi connectivity index (χ0) is 12.4. The van der Waals surface area contributed by atoms with Gasteiger partial charge in [-0.25, -0.2) is 0 Å². The fourth-order valence-corrected chi connectivity index (χ4v) is 2.03. The van der Waals surface area contributed by atoms with E-state index >= 15 is 0 Å². The predicted molar refractivity (Wildman–Crippen MR) is 67.3 cm³/mol. The Labute approximate surface area is 104 Å². The van der Waals surface area contributed by atoms with Crippen LogP contribution < -0.4 is 10.5 Å². The van der Waals surface area contributed by atoms with Crippen LogP contribution in [0.15, 0.2) is 22.9 Å². The summed E-state index contributed by atoms with van der Waals surface area (Å²) in [5, 5.41) is 4.22. The van der Waals surface area contributed by atoms with Crippen LogP contribution in [0.4, 0.5) is 5.88 Å². The van der Waals surface area contributed by atoms with Crippen molar-refractivity contribution in [1.82, 2.24) is 5.16 Å². The van der Waals surface area contributed by atoms with Crippen molar-refractivity contribution in [1.29, 1.82) is 0 Å². The number of halogens is 1. The summed E-state index contributed by atoms with van der Waals surface area (Å²) < 4.78 is 10.2. The number of hydrogen-bond acceptors (Lipinski definition) is 4. The number of ether oxygens (including phenoxy) is 1. The molecule has 0 fully saturated rings. The highest BCUT2D eigenvalue weighted by Crippen LogP contribution is 2.39.